The van der Waals surface area contributed by atoms with Crippen LogP contribution in [0.2, 0.25) is 0 Å². The monoisotopic (exact) mass is 348 g/mol. The highest BCUT2D eigenvalue weighted by atomic mass is 16.1. The molecule has 132 valence electrons. The number of nitrogens with two attached hydrogens (primary N) is 1. The van der Waals surface area contributed by atoms with Gasteiger partial charge in [-0.25, -0.2) is 14.5 Å². The molecule has 7 heteroatoms. The number of para-hydroxylation sites is 1. The Hall–Kier alpha value is -3.48. The molecule has 0 saturated heterocycles. The number of carbonyl (C=O) groups is 1. The molecule has 0 aliphatic carbocycles. The molecule has 3 aromatic rings. The maximum absolute atomic E-state index is 12.7. The van der Waals surface area contributed by atoms with Gasteiger partial charge in [0.05, 0.1) is 11.9 Å². The molecule has 1 amide bonds. The summed E-state index contributed by atoms with van der Waals surface area (Å²) >= 11 is 0. The number of nitrogens with one attached hydrogen (secondary N) is 1. The number of rotatable bonds is 3. The summed E-state index contributed by atoms with van der Waals surface area (Å²) in [5.41, 5.74) is 10.0. The Kier molecular flexibility index (Phi) is 4.79. The summed E-state index contributed by atoms with van der Waals surface area (Å²) in [7, 11) is 0. The molecule has 0 saturated carbocycles. The van der Waals surface area contributed by atoms with Crippen LogP contribution in [0.15, 0.2) is 59.6 Å². The number of carbonyl (C=O) groups excluding carboxylic acids is 1. The third-order valence-corrected chi connectivity index (χ3v) is 3.80. The predicted molar refractivity (Wildman–Crippen MR) is 101 cm³/mol. The summed E-state index contributed by atoms with van der Waals surface area (Å²) < 4.78 is 1.54. The molecule has 0 aliphatic rings. The minimum absolute atomic E-state index is 0.346. The van der Waals surface area contributed by atoms with Gasteiger partial charge in [0.25, 0.3) is 5.91 Å². The van der Waals surface area contributed by atoms with Crippen LogP contribution in [-0.2, 0) is 0 Å². The maximum Gasteiger partial charge on any atom is 0.262 e. The largest absolute Gasteiger partial charge is 0.402 e. The van der Waals surface area contributed by atoms with Gasteiger partial charge in [-0.05, 0) is 44.0 Å². The van der Waals surface area contributed by atoms with Crippen molar-refractivity contribution in [2.45, 2.75) is 20.8 Å². The normalized spacial score (nSPS) is 12.4. The van der Waals surface area contributed by atoms with Crippen molar-refractivity contribution >= 4 is 23.1 Å². The molecule has 0 unspecified atom stereocenters. The average molecular weight is 348 g/mol. The van der Waals surface area contributed by atoms with Crippen LogP contribution in [0, 0.1) is 13.8 Å². The lowest BCUT2D eigenvalue weighted by Crippen LogP contribution is -2.29. The summed E-state index contributed by atoms with van der Waals surface area (Å²) in [5, 5.41) is 6.94. The van der Waals surface area contributed by atoms with Crippen molar-refractivity contribution in [3.8, 4) is 0 Å². The molecule has 1 aromatic carbocycles. The fourth-order valence-corrected chi connectivity index (χ4v) is 2.59. The van der Waals surface area contributed by atoms with Crippen LogP contribution in [0.5, 0.6) is 0 Å². The second kappa shape index (κ2) is 7.18. The van der Waals surface area contributed by atoms with E-state index in [-0.39, 0.29) is 5.91 Å². The fourth-order valence-electron chi connectivity index (χ4n) is 2.59. The average Bonchev–Trinajstić information content (AvgIpc) is 3.02. The number of aromatic nitrogens is 3. The van der Waals surface area contributed by atoms with E-state index in [0.717, 1.165) is 16.8 Å². The number of hydrogen-bond acceptors (Lipinski definition) is 5. The third kappa shape index (κ3) is 3.61. The number of aliphatic imine (C=N–C) groups is 1. The zero-order valence-electron chi connectivity index (χ0n) is 14.9. The Bertz CT molecular complexity index is 1010. The van der Waals surface area contributed by atoms with E-state index in [9.17, 15) is 4.79 Å². The number of amidine groups is 1. The minimum Gasteiger partial charge on any atom is -0.402 e. The number of nitrogens with zero attached hydrogens (tertiary/aromatic N) is 4. The van der Waals surface area contributed by atoms with E-state index in [1.54, 1.807) is 36.0 Å². The van der Waals surface area contributed by atoms with Gasteiger partial charge in [-0.15, -0.1) is 0 Å². The maximum atomic E-state index is 12.7. The van der Waals surface area contributed by atoms with Crippen LogP contribution in [0.25, 0.3) is 5.65 Å². The van der Waals surface area contributed by atoms with E-state index in [0.29, 0.717) is 22.7 Å². The van der Waals surface area contributed by atoms with E-state index >= 15 is 0 Å². The summed E-state index contributed by atoms with van der Waals surface area (Å²) in [4.78, 5) is 21.5. The lowest BCUT2D eigenvalue weighted by molar-refractivity contribution is 0.0978. The summed E-state index contributed by atoms with van der Waals surface area (Å²) in [6.07, 6.45) is 6.45. The van der Waals surface area contributed by atoms with Gasteiger partial charge in [-0.2, -0.15) is 5.10 Å². The second-order valence-corrected chi connectivity index (χ2v) is 6.03. The number of benzene rings is 1. The highest BCUT2D eigenvalue weighted by Crippen LogP contribution is 2.23. The van der Waals surface area contributed by atoms with Crippen LogP contribution in [0.1, 0.15) is 28.4 Å². The summed E-state index contributed by atoms with van der Waals surface area (Å²) in [5.74, 6) is 0.0175. The molecular formula is C19H20N6O. The Morgan fingerprint density at radius 2 is 2.00 bits per heavy atom. The van der Waals surface area contributed by atoms with Gasteiger partial charge in [-0.1, -0.05) is 18.2 Å². The van der Waals surface area contributed by atoms with Crippen LogP contribution in [-0.4, -0.2) is 26.3 Å². The lowest BCUT2D eigenvalue weighted by atomic mass is 10.1. The first-order chi connectivity index (χ1) is 12.5. The summed E-state index contributed by atoms with van der Waals surface area (Å²) in [6, 6.07) is 7.66. The van der Waals surface area contributed by atoms with E-state index in [2.05, 4.69) is 20.4 Å². The first-order valence-corrected chi connectivity index (χ1v) is 8.14. The fraction of sp³-hybridized carbons (Fsp3) is 0.158. The number of fused-ring (bicyclic) bond motifs is 1. The van der Waals surface area contributed by atoms with Crippen molar-refractivity contribution in [2.75, 3.05) is 0 Å². The van der Waals surface area contributed by atoms with E-state index in [4.69, 9.17) is 5.73 Å². The predicted octanol–water partition coefficient (Wildman–Crippen LogP) is 2.67. The zero-order valence-corrected chi connectivity index (χ0v) is 14.9. The van der Waals surface area contributed by atoms with Crippen LogP contribution in [0.4, 0.5) is 5.69 Å². The van der Waals surface area contributed by atoms with Crippen molar-refractivity contribution in [3.05, 3.63) is 71.3 Å². The SMILES string of the molecule is CC(N)=CC(=Nc1c(C)cccc1C)NC(=O)c1cnn2cccnc12. The Balaban J connectivity index is 1.98. The summed E-state index contributed by atoms with van der Waals surface area (Å²) in [6.45, 7) is 5.68. The molecule has 3 N–H and O–H groups in total. The van der Waals surface area contributed by atoms with Crippen molar-refractivity contribution < 1.29 is 4.79 Å². The van der Waals surface area contributed by atoms with Gasteiger partial charge >= 0.3 is 0 Å². The first-order valence-electron chi connectivity index (χ1n) is 8.14. The van der Waals surface area contributed by atoms with E-state index in [1.165, 1.54) is 6.20 Å². The van der Waals surface area contributed by atoms with Gasteiger partial charge in [0.2, 0.25) is 0 Å². The first kappa shape index (κ1) is 17.3. The van der Waals surface area contributed by atoms with Gasteiger partial charge in [0.1, 0.15) is 11.4 Å². The molecule has 0 aliphatic heterocycles. The molecule has 2 aromatic heterocycles. The molecule has 2 heterocycles. The number of amides is 1. The molecule has 0 bridgehead atoms. The molecular weight excluding hydrogens is 328 g/mol. The number of hydrogen-bond donors (Lipinski definition) is 2. The molecule has 3 rings (SSSR count). The van der Waals surface area contributed by atoms with Crippen molar-refractivity contribution in [1.82, 2.24) is 19.9 Å². The molecule has 0 radical (unpaired) electrons. The number of allylic oxidation sites excluding steroid dienone is 1. The smallest absolute Gasteiger partial charge is 0.262 e. The van der Waals surface area contributed by atoms with E-state index < -0.39 is 0 Å². The Morgan fingerprint density at radius 1 is 1.27 bits per heavy atom. The molecule has 7 nitrogen and oxygen atoms in total. The topological polar surface area (TPSA) is 97.7 Å². The minimum atomic E-state index is -0.346. The van der Waals surface area contributed by atoms with Gasteiger partial charge in [0.15, 0.2) is 5.65 Å². The second-order valence-electron chi connectivity index (χ2n) is 6.03. The molecule has 0 spiro atoms. The van der Waals surface area contributed by atoms with Gasteiger partial charge in [-0.3, -0.25) is 4.79 Å². The van der Waals surface area contributed by atoms with Crippen molar-refractivity contribution in [2.24, 2.45) is 10.7 Å². The number of aryl methyl sites for hydroxylation is 2. The van der Waals surface area contributed by atoms with E-state index in [1.807, 2.05) is 32.0 Å². The lowest BCUT2D eigenvalue weighted by Gasteiger charge is -2.09. The zero-order chi connectivity index (χ0) is 18.7. The van der Waals surface area contributed by atoms with Gasteiger partial charge in [0, 0.05) is 18.1 Å². The van der Waals surface area contributed by atoms with Crippen LogP contribution >= 0.6 is 0 Å². The highest BCUT2D eigenvalue weighted by Gasteiger charge is 2.15. The quantitative estimate of drug-likeness (QED) is 0.561. The van der Waals surface area contributed by atoms with Gasteiger partial charge < -0.3 is 11.1 Å². The third-order valence-electron chi connectivity index (χ3n) is 3.80. The highest BCUT2D eigenvalue weighted by molar-refractivity contribution is 6.13. The Labute approximate surface area is 151 Å². The Morgan fingerprint density at radius 3 is 2.69 bits per heavy atom. The molecule has 0 fully saturated rings. The molecule has 0 atom stereocenters. The van der Waals surface area contributed by atoms with Crippen molar-refractivity contribution in [1.29, 1.82) is 0 Å². The standard InChI is InChI=1S/C19H20N6O/c1-12-6-4-7-13(2)17(12)23-16(10-14(3)20)24-19(26)15-11-22-25-9-5-8-21-18(15)25/h4-11H,20H2,1-3H3,(H,23,24,26). The molecule has 26 heavy (non-hydrogen) atoms. The van der Waals surface area contributed by atoms with Crippen molar-refractivity contribution in [3.63, 3.8) is 0 Å². The van der Waals surface area contributed by atoms with Crippen LogP contribution < -0.4 is 11.1 Å². The van der Waals surface area contributed by atoms with Crippen LogP contribution in [0.3, 0.4) is 0 Å².